The van der Waals surface area contributed by atoms with Gasteiger partial charge < -0.3 is 31.1 Å². The molecule has 0 aromatic heterocycles. The summed E-state index contributed by atoms with van der Waals surface area (Å²) in [6, 6.07) is -0.557. The van der Waals surface area contributed by atoms with Crippen molar-refractivity contribution < 1.29 is 24.6 Å². The molecule has 4 rings (SSSR count). The highest BCUT2D eigenvalue weighted by molar-refractivity contribution is 8.03. The average Bonchev–Trinajstić information content (AvgIpc) is 3.33. The molecule has 0 unspecified atom stereocenters. The van der Waals surface area contributed by atoms with E-state index < -0.39 is 18.0 Å². The van der Waals surface area contributed by atoms with Crippen LogP contribution >= 0.6 is 11.8 Å². The van der Waals surface area contributed by atoms with Crippen molar-refractivity contribution in [3.63, 3.8) is 0 Å². The summed E-state index contributed by atoms with van der Waals surface area (Å²) in [6.07, 6.45) is 0.614. The standard InChI is InChI=1S/C19H28N4O5S/c1-8-14-13(9(2)24)18(26)23(14)15(19(27)28)16(8)29-11-5-12(21-6-11)17(25)22-4-3-10(20)7-22/h8-14,21,24H,3-7,20H2,1-2H3,(H,27,28)/t8-,9-,10-,11+,12+,13-,14-/m1/s1. The molecule has 2 amide bonds. The van der Waals surface area contributed by atoms with E-state index in [0.29, 0.717) is 31.0 Å². The normalized spacial score (nSPS) is 37.7. The number of hydrogen-bond donors (Lipinski definition) is 4. The molecule has 0 radical (unpaired) electrons. The second-order valence-corrected chi connectivity index (χ2v) is 9.88. The van der Waals surface area contributed by atoms with Crippen molar-refractivity contribution in [2.75, 3.05) is 19.6 Å². The molecule has 160 valence electrons. The molecule has 4 aliphatic rings. The fourth-order valence-electron chi connectivity index (χ4n) is 5.05. The lowest BCUT2D eigenvalue weighted by Gasteiger charge is -2.46. The van der Waals surface area contributed by atoms with Gasteiger partial charge in [-0.2, -0.15) is 0 Å². The van der Waals surface area contributed by atoms with Crippen molar-refractivity contribution in [1.82, 2.24) is 15.1 Å². The number of rotatable bonds is 5. The van der Waals surface area contributed by atoms with E-state index in [4.69, 9.17) is 5.73 Å². The summed E-state index contributed by atoms with van der Waals surface area (Å²) in [4.78, 5) is 40.8. The van der Waals surface area contributed by atoms with Crippen LogP contribution in [0.1, 0.15) is 26.7 Å². The Kier molecular flexibility index (Phi) is 5.39. The Morgan fingerprint density at radius 3 is 2.69 bits per heavy atom. The van der Waals surface area contributed by atoms with E-state index in [1.54, 1.807) is 11.8 Å². The highest BCUT2D eigenvalue weighted by atomic mass is 32.2. The molecule has 0 aromatic carbocycles. The summed E-state index contributed by atoms with van der Waals surface area (Å²) < 4.78 is 0. The van der Waals surface area contributed by atoms with Crippen molar-refractivity contribution in [1.29, 1.82) is 0 Å². The van der Waals surface area contributed by atoms with Crippen LogP contribution in [0.5, 0.6) is 0 Å². The summed E-state index contributed by atoms with van der Waals surface area (Å²) in [7, 11) is 0. The molecule has 0 bridgehead atoms. The second-order valence-electron chi connectivity index (χ2n) is 8.54. The average molecular weight is 425 g/mol. The Hall–Kier alpha value is -1.62. The molecule has 3 fully saturated rings. The summed E-state index contributed by atoms with van der Waals surface area (Å²) in [6.45, 7) is 5.34. The van der Waals surface area contributed by atoms with Crippen molar-refractivity contribution in [3.05, 3.63) is 10.6 Å². The molecule has 10 heteroatoms. The lowest BCUT2D eigenvalue weighted by Crippen LogP contribution is -2.63. The third-order valence-electron chi connectivity index (χ3n) is 6.53. The number of aliphatic carboxylic acids is 1. The number of fused-ring (bicyclic) bond motifs is 1. The van der Waals surface area contributed by atoms with Crippen LogP contribution in [0.4, 0.5) is 0 Å². The van der Waals surface area contributed by atoms with Crippen molar-refractivity contribution >= 4 is 29.5 Å². The van der Waals surface area contributed by atoms with Gasteiger partial charge in [-0.1, -0.05) is 6.92 Å². The van der Waals surface area contributed by atoms with Crippen LogP contribution in [0, 0.1) is 11.8 Å². The largest absolute Gasteiger partial charge is 0.477 e. The van der Waals surface area contributed by atoms with Gasteiger partial charge in [0, 0.05) is 41.7 Å². The Balaban J connectivity index is 1.46. The quantitative estimate of drug-likeness (QED) is 0.420. The number of nitrogens with two attached hydrogens (primary N) is 1. The summed E-state index contributed by atoms with van der Waals surface area (Å²) in [5.41, 5.74) is 5.94. The first kappa shape index (κ1) is 20.6. The Morgan fingerprint density at radius 2 is 2.10 bits per heavy atom. The first-order valence-electron chi connectivity index (χ1n) is 10.1. The number of amides is 2. The Morgan fingerprint density at radius 1 is 1.38 bits per heavy atom. The number of carboxylic acid groups (broad SMARTS) is 1. The van der Waals surface area contributed by atoms with Crippen LogP contribution in [-0.2, 0) is 14.4 Å². The van der Waals surface area contributed by atoms with E-state index in [2.05, 4.69) is 5.32 Å². The minimum absolute atomic E-state index is 0.0368. The molecule has 5 N–H and O–H groups in total. The first-order chi connectivity index (χ1) is 13.7. The zero-order valence-corrected chi connectivity index (χ0v) is 17.4. The molecule has 0 spiro atoms. The van der Waals surface area contributed by atoms with E-state index in [-0.39, 0.29) is 46.8 Å². The number of β-lactam (4-membered cyclic amide) rings is 1. The highest BCUT2D eigenvalue weighted by Gasteiger charge is 2.60. The minimum atomic E-state index is -1.12. The lowest BCUT2D eigenvalue weighted by atomic mass is 9.79. The SMILES string of the molecule is C[C@@H](O)[C@H]1C(=O)N2C(C(=O)O)=C(S[C@@H]3CN[C@H](C(=O)N4CC[C@@H](N)C4)C3)[C@H](C)[C@H]12. The number of carbonyl (C=O) groups is 3. The smallest absolute Gasteiger partial charge is 0.353 e. The van der Waals surface area contributed by atoms with Gasteiger partial charge in [0.1, 0.15) is 5.70 Å². The predicted octanol–water partition coefficient (Wildman–Crippen LogP) is -0.837. The van der Waals surface area contributed by atoms with Gasteiger partial charge in [0.2, 0.25) is 11.8 Å². The van der Waals surface area contributed by atoms with Crippen molar-refractivity contribution in [2.24, 2.45) is 17.6 Å². The van der Waals surface area contributed by atoms with E-state index >= 15 is 0 Å². The van der Waals surface area contributed by atoms with E-state index in [1.165, 1.54) is 16.7 Å². The van der Waals surface area contributed by atoms with Crippen LogP contribution < -0.4 is 11.1 Å². The topological polar surface area (TPSA) is 136 Å². The first-order valence-corrected chi connectivity index (χ1v) is 11.0. The molecule has 7 atom stereocenters. The van der Waals surface area contributed by atoms with Crippen LogP contribution in [0.2, 0.25) is 0 Å². The number of carbonyl (C=O) groups excluding carboxylic acids is 2. The Labute approximate surface area is 173 Å². The maximum Gasteiger partial charge on any atom is 0.353 e. The molecule has 0 saturated carbocycles. The van der Waals surface area contributed by atoms with E-state index in [0.717, 1.165) is 6.42 Å². The lowest BCUT2D eigenvalue weighted by molar-refractivity contribution is -0.163. The minimum Gasteiger partial charge on any atom is -0.477 e. The fraction of sp³-hybridized carbons (Fsp3) is 0.737. The number of aliphatic hydroxyl groups excluding tert-OH is 1. The molecular formula is C19H28N4O5S. The maximum atomic E-state index is 12.7. The van der Waals surface area contributed by atoms with Gasteiger partial charge in [-0.25, -0.2) is 4.79 Å². The number of carboxylic acids is 1. The molecular weight excluding hydrogens is 396 g/mol. The van der Waals surface area contributed by atoms with Gasteiger partial charge in [0.15, 0.2) is 0 Å². The van der Waals surface area contributed by atoms with Gasteiger partial charge in [0.25, 0.3) is 0 Å². The Bertz CT molecular complexity index is 772. The number of aliphatic hydroxyl groups is 1. The second kappa shape index (κ2) is 7.57. The van der Waals surface area contributed by atoms with E-state index in [9.17, 15) is 24.6 Å². The molecule has 9 nitrogen and oxygen atoms in total. The van der Waals surface area contributed by atoms with Crippen LogP contribution in [-0.4, -0.2) is 86.9 Å². The van der Waals surface area contributed by atoms with Gasteiger partial charge in [-0.05, 0) is 19.8 Å². The van der Waals surface area contributed by atoms with Crippen LogP contribution in [0.3, 0.4) is 0 Å². The molecule has 4 aliphatic heterocycles. The molecule has 3 saturated heterocycles. The number of nitrogens with zero attached hydrogens (tertiary/aromatic N) is 2. The van der Waals surface area contributed by atoms with Crippen molar-refractivity contribution in [3.8, 4) is 0 Å². The number of thioether (sulfide) groups is 1. The van der Waals surface area contributed by atoms with Gasteiger partial charge in [-0.3, -0.25) is 9.59 Å². The third kappa shape index (κ3) is 3.35. The third-order valence-corrected chi connectivity index (χ3v) is 8.04. The predicted molar refractivity (Wildman–Crippen MR) is 107 cm³/mol. The van der Waals surface area contributed by atoms with Crippen LogP contribution in [0.25, 0.3) is 0 Å². The maximum absolute atomic E-state index is 12.7. The number of hydrogen-bond acceptors (Lipinski definition) is 7. The number of nitrogens with one attached hydrogen (secondary N) is 1. The summed E-state index contributed by atoms with van der Waals surface area (Å²) in [5, 5.41) is 23.0. The van der Waals surface area contributed by atoms with E-state index in [1.807, 2.05) is 6.92 Å². The van der Waals surface area contributed by atoms with Crippen LogP contribution in [0.15, 0.2) is 10.6 Å². The number of likely N-dealkylation sites (tertiary alicyclic amines) is 1. The molecule has 0 aromatic rings. The highest BCUT2D eigenvalue weighted by Crippen LogP contribution is 2.51. The van der Waals surface area contributed by atoms with Crippen molar-refractivity contribution in [2.45, 2.75) is 56.2 Å². The van der Waals surface area contributed by atoms with Gasteiger partial charge in [-0.15, -0.1) is 11.8 Å². The molecule has 4 heterocycles. The summed E-state index contributed by atoms with van der Waals surface area (Å²) in [5.74, 6) is -2.11. The van der Waals surface area contributed by atoms with Gasteiger partial charge >= 0.3 is 5.97 Å². The molecule has 0 aliphatic carbocycles. The summed E-state index contributed by atoms with van der Waals surface area (Å²) >= 11 is 1.45. The zero-order valence-electron chi connectivity index (χ0n) is 16.6. The van der Waals surface area contributed by atoms with Gasteiger partial charge in [0.05, 0.1) is 24.1 Å². The zero-order chi connectivity index (χ0) is 21.0. The monoisotopic (exact) mass is 424 g/mol. The molecule has 29 heavy (non-hydrogen) atoms. The fourth-order valence-corrected chi connectivity index (χ4v) is 6.53.